The standard InChI is InChI=1S/C31H46N2O6/c1-23(19-36-3)20-37-21-24-5-8-26(9-6-24)31-27(18-34)16-32-17-30(31)39-22-25-7-10-29-28(15-25)33(12-14-38-29)11-4-13-35-2/h5-10,15,23,27,30-32,34H,4,11-14,16-22H2,1-3H3/t23-,27-,30-,31-/m0/s1. The number of methoxy groups -OCH3 is 2. The van der Waals surface area contributed by atoms with Crippen molar-refractivity contribution in [3.05, 3.63) is 59.2 Å². The van der Waals surface area contributed by atoms with E-state index in [-0.39, 0.29) is 24.5 Å². The molecule has 2 aliphatic rings. The Bertz CT molecular complexity index is 988. The van der Waals surface area contributed by atoms with E-state index in [1.165, 1.54) is 5.56 Å². The van der Waals surface area contributed by atoms with Gasteiger partial charge in [-0.2, -0.15) is 0 Å². The van der Waals surface area contributed by atoms with Crippen molar-refractivity contribution in [3.63, 3.8) is 0 Å². The summed E-state index contributed by atoms with van der Waals surface area (Å²) in [4.78, 5) is 2.37. The molecule has 0 aromatic heterocycles. The zero-order chi connectivity index (χ0) is 27.5. The first kappa shape index (κ1) is 29.8. The predicted octanol–water partition coefficient (Wildman–Crippen LogP) is 3.60. The zero-order valence-electron chi connectivity index (χ0n) is 23.8. The van der Waals surface area contributed by atoms with Gasteiger partial charge in [0.15, 0.2) is 0 Å². The number of ether oxygens (including phenoxy) is 5. The molecule has 39 heavy (non-hydrogen) atoms. The summed E-state index contributed by atoms with van der Waals surface area (Å²) >= 11 is 0. The molecule has 2 N–H and O–H groups in total. The average Bonchev–Trinajstić information content (AvgIpc) is 2.96. The third kappa shape index (κ3) is 8.39. The lowest BCUT2D eigenvalue weighted by Crippen LogP contribution is -2.47. The lowest BCUT2D eigenvalue weighted by Gasteiger charge is -2.38. The van der Waals surface area contributed by atoms with Crippen molar-refractivity contribution < 1.29 is 28.8 Å². The van der Waals surface area contributed by atoms with Gasteiger partial charge in [0.2, 0.25) is 0 Å². The number of aliphatic hydroxyl groups is 1. The molecule has 4 rings (SSSR count). The fraction of sp³-hybridized carbons (Fsp3) is 0.613. The van der Waals surface area contributed by atoms with Crippen molar-refractivity contribution in [1.29, 1.82) is 0 Å². The smallest absolute Gasteiger partial charge is 0.142 e. The van der Waals surface area contributed by atoms with Crippen molar-refractivity contribution in [1.82, 2.24) is 5.32 Å². The van der Waals surface area contributed by atoms with Crippen molar-refractivity contribution >= 4 is 5.69 Å². The molecule has 1 saturated heterocycles. The molecule has 1 fully saturated rings. The Hall–Kier alpha value is -2.20. The number of rotatable bonds is 15. The first-order chi connectivity index (χ1) is 19.1. The fourth-order valence-corrected chi connectivity index (χ4v) is 5.59. The molecule has 8 nitrogen and oxygen atoms in total. The van der Waals surface area contributed by atoms with Gasteiger partial charge in [0.05, 0.1) is 44.8 Å². The van der Waals surface area contributed by atoms with Gasteiger partial charge in [-0.25, -0.2) is 0 Å². The van der Waals surface area contributed by atoms with Crippen molar-refractivity contribution in [2.45, 2.75) is 38.6 Å². The molecular weight excluding hydrogens is 496 g/mol. The highest BCUT2D eigenvalue weighted by Gasteiger charge is 2.35. The molecule has 2 aliphatic heterocycles. The van der Waals surface area contributed by atoms with E-state index in [1.54, 1.807) is 14.2 Å². The third-order valence-corrected chi connectivity index (χ3v) is 7.61. The molecule has 4 atom stereocenters. The normalized spacial score (nSPS) is 21.8. The largest absolute Gasteiger partial charge is 0.490 e. The van der Waals surface area contributed by atoms with E-state index in [9.17, 15) is 5.11 Å². The molecule has 0 bridgehead atoms. The van der Waals surface area contributed by atoms with Gasteiger partial charge in [-0.1, -0.05) is 37.3 Å². The Morgan fingerprint density at radius 1 is 1.03 bits per heavy atom. The van der Waals surface area contributed by atoms with Crippen LogP contribution in [0.5, 0.6) is 5.75 Å². The summed E-state index contributed by atoms with van der Waals surface area (Å²) in [6.07, 6.45) is 0.935. The number of fused-ring (bicyclic) bond motifs is 1. The average molecular weight is 543 g/mol. The molecule has 2 aromatic rings. The molecule has 0 saturated carbocycles. The van der Waals surface area contributed by atoms with Crippen LogP contribution in [0.4, 0.5) is 5.69 Å². The maximum atomic E-state index is 10.2. The van der Waals surface area contributed by atoms with Gasteiger partial charge in [-0.05, 0) is 35.2 Å². The molecule has 0 unspecified atom stereocenters. The Morgan fingerprint density at radius 2 is 1.85 bits per heavy atom. The van der Waals surface area contributed by atoms with E-state index >= 15 is 0 Å². The van der Waals surface area contributed by atoms with Crippen LogP contribution in [0.2, 0.25) is 0 Å². The number of hydrogen-bond acceptors (Lipinski definition) is 8. The predicted molar refractivity (Wildman–Crippen MR) is 153 cm³/mol. The second-order valence-electron chi connectivity index (χ2n) is 10.8. The van der Waals surface area contributed by atoms with Crippen LogP contribution in [-0.2, 0) is 32.2 Å². The minimum atomic E-state index is -0.0435. The highest BCUT2D eigenvalue weighted by atomic mass is 16.5. The molecule has 0 amide bonds. The van der Waals surface area contributed by atoms with Crippen LogP contribution in [0, 0.1) is 11.8 Å². The summed E-state index contributed by atoms with van der Waals surface area (Å²) in [5.74, 6) is 1.50. The topological polar surface area (TPSA) is 81.7 Å². The van der Waals surface area contributed by atoms with Crippen LogP contribution in [0.3, 0.4) is 0 Å². The van der Waals surface area contributed by atoms with Gasteiger partial charge in [0.1, 0.15) is 12.4 Å². The number of anilines is 1. The van der Waals surface area contributed by atoms with Gasteiger partial charge in [0.25, 0.3) is 0 Å². The molecular formula is C31H46N2O6. The lowest BCUT2D eigenvalue weighted by atomic mass is 9.79. The van der Waals surface area contributed by atoms with Crippen LogP contribution >= 0.6 is 0 Å². The van der Waals surface area contributed by atoms with E-state index in [0.29, 0.717) is 39.0 Å². The molecule has 216 valence electrons. The lowest BCUT2D eigenvalue weighted by molar-refractivity contribution is -0.0151. The third-order valence-electron chi connectivity index (χ3n) is 7.61. The van der Waals surface area contributed by atoms with Crippen LogP contribution in [0.1, 0.15) is 36.0 Å². The second-order valence-corrected chi connectivity index (χ2v) is 10.8. The monoisotopic (exact) mass is 542 g/mol. The quantitative estimate of drug-likeness (QED) is 0.331. The first-order valence-electron chi connectivity index (χ1n) is 14.2. The van der Waals surface area contributed by atoms with E-state index in [4.69, 9.17) is 23.7 Å². The minimum absolute atomic E-state index is 0.0435. The zero-order valence-corrected chi connectivity index (χ0v) is 23.8. The van der Waals surface area contributed by atoms with Crippen LogP contribution in [-0.4, -0.2) is 84.6 Å². The Labute approximate surface area is 233 Å². The molecule has 0 spiro atoms. The van der Waals surface area contributed by atoms with Crippen molar-refractivity contribution in [2.75, 3.05) is 78.3 Å². The van der Waals surface area contributed by atoms with Gasteiger partial charge in [-0.15, -0.1) is 0 Å². The summed E-state index contributed by atoms with van der Waals surface area (Å²) in [6.45, 7) is 9.48. The Morgan fingerprint density at radius 3 is 2.62 bits per heavy atom. The van der Waals surface area contributed by atoms with Gasteiger partial charge >= 0.3 is 0 Å². The number of nitrogens with zero attached hydrogens (tertiary/aromatic N) is 1. The van der Waals surface area contributed by atoms with E-state index in [1.807, 2.05) is 0 Å². The summed E-state index contributed by atoms with van der Waals surface area (Å²) in [6, 6.07) is 14.9. The van der Waals surface area contributed by atoms with Crippen LogP contribution < -0.4 is 15.0 Å². The Balaban J connectivity index is 1.39. The molecule has 0 aliphatic carbocycles. The summed E-state index contributed by atoms with van der Waals surface area (Å²) in [5.41, 5.74) is 4.58. The number of hydrogen-bond donors (Lipinski definition) is 2. The Kier molecular flexibility index (Phi) is 11.9. The van der Waals surface area contributed by atoms with E-state index < -0.39 is 0 Å². The fourth-order valence-electron chi connectivity index (χ4n) is 5.59. The highest BCUT2D eigenvalue weighted by molar-refractivity contribution is 5.61. The summed E-state index contributed by atoms with van der Waals surface area (Å²) in [7, 11) is 3.46. The minimum Gasteiger partial charge on any atom is -0.490 e. The second kappa shape index (κ2) is 15.6. The number of benzene rings is 2. The van der Waals surface area contributed by atoms with Gasteiger partial charge in [-0.3, -0.25) is 0 Å². The molecule has 8 heteroatoms. The number of piperidine rings is 1. The molecule has 2 aromatic carbocycles. The first-order valence-corrected chi connectivity index (χ1v) is 14.2. The highest BCUT2D eigenvalue weighted by Crippen LogP contribution is 2.35. The molecule has 2 heterocycles. The summed E-state index contributed by atoms with van der Waals surface area (Å²) in [5, 5.41) is 13.7. The maximum absolute atomic E-state index is 10.2. The van der Waals surface area contributed by atoms with Gasteiger partial charge in [0, 0.05) is 64.8 Å². The SMILES string of the molecule is COCCCN1CCOc2ccc(CO[C@H]3CNC[C@@H](CO)[C@@H]3c3ccc(COC[C@@H](C)COC)cc3)cc21. The maximum Gasteiger partial charge on any atom is 0.142 e. The van der Waals surface area contributed by atoms with Crippen LogP contribution in [0.15, 0.2) is 42.5 Å². The van der Waals surface area contributed by atoms with Crippen molar-refractivity contribution in [3.8, 4) is 5.75 Å². The number of aliphatic hydroxyl groups excluding tert-OH is 1. The van der Waals surface area contributed by atoms with Crippen LogP contribution in [0.25, 0.3) is 0 Å². The number of nitrogens with one attached hydrogen (secondary N) is 1. The van der Waals surface area contributed by atoms with E-state index in [0.717, 1.165) is 61.8 Å². The summed E-state index contributed by atoms with van der Waals surface area (Å²) < 4.78 is 28.8. The van der Waals surface area contributed by atoms with Crippen molar-refractivity contribution in [2.24, 2.45) is 11.8 Å². The molecule has 0 radical (unpaired) electrons. The van der Waals surface area contributed by atoms with Gasteiger partial charge < -0.3 is 39.0 Å². The van der Waals surface area contributed by atoms with E-state index in [2.05, 4.69) is 59.6 Å².